The van der Waals surface area contributed by atoms with Gasteiger partial charge >= 0.3 is 5.97 Å². The third-order valence-electron chi connectivity index (χ3n) is 1.92. The summed E-state index contributed by atoms with van der Waals surface area (Å²) in [6.45, 7) is 0. The van der Waals surface area contributed by atoms with Gasteiger partial charge in [0.05, 0.1) is 7.11 Å². The number of carbonyl (C=O) groups is 1. The van der Waals surface area contributed by atoms with Crippen LogP contribution in [-0.4, -0.2) is 23.3 Å². The average Bonchev–Trinajstić information content (AvgIpc) is 2.26. The Balaban J connectivity index is 3.30. The molecule has 0 spiro atoms. The van der Waals surface area contributed by atoms with E-state index in [0.717, 1.165) is 0 Å². The monoisotopic (exact) mass is 207 g/mol. The molecule has 0 saturated heterocycles. The van der Waals surface area contributed by atoms with Crippen LogP contribution in [0, 0.1) is 11.3 Å². The summed E-state index contributed by atoms with van der Waals surface area (Å²) in [6, 6.07) is 6.22. The second kappa shape index (κ2) is 4.44. The number of carboxylic acids is 1. The summed E-state index contributed by atoms with van der Waals surface area (Å²) in [5.41, 5.74) is 0.0688. The molecular weight excluding hydrogens is 198 g/mol. The molecule has 0 fully saturated rings. The van der Waals surface area contributed by atoms with E-state index in [0.29, 0.717) is 0 Å². The standard InChI is InChI=1S/C10H9NO4/c1-15-8-4-2-3-6(7(8)5-11)9(12)10(13)14/h2-4,9,12H,1H3,(H,13,14). The molecule has 0 radical (unpaired) electrons. The van der Waals surface area contributed by atoms with E-state index in [1.165, 1.54) is 25.3 Å². The van der Waals surface area contributed by atoms with Gasteiger partial charge < -0.3 is 14.9 Å². The number of nitriles is 1. The Morgan fingerprint density at radius 3 is 2.73 bits per heavy atom. The maximum atomic E-state index is 10.6. The van der Waals surface area contributed by atoms with Gasteiger partial charge in [0.1, 0.15) is 17.4 Å². The first-order valence-corrected chi connectivity index (χ1v) is 4.09. The molecule has 1 rings (SSSR count). The molecule has 5 heteroatoms. The highest BCUT2D eigenvalue weighted by Gasteiger charge is 2.21. The van der Waals surface area contributed by atoms with Gasteiger partial charge in [0.15, 0.2) is 6.10 Å². The second-order valence-corrected chi connectivity index (χ2v) is 2.78. The minimum Gasteiger partial charge on any atom is -0.495 e. The molecule has 15 heavy (non-hydrogen) atoms. The zero-order chi connectivity index (χ0) is 11.4. The summed E-state index contributed by atoms with van der Waals surface area (Å²) < 4.78 is 4.88. The van der Waals surface area contributed by atoms with Gasteiger partial charge in [-0.3, -0.25) is 0 Å². The molecule has 0 aliphatic carbocycles. The molecule has 1 unspecified atom stereocenters. The Labute approximate surface area is 86.1 Å². The van der Waals surface area contributed by atoms with Gasteiger partial charge in [0, 0.05) is 5.56 Å². The lowest BCUT2D eigenvalue weighted by molar-refractivity contribution is -0.146. The van der Waals surface area contributed by atoms with Crippen molar-refractivity contribution in [2.75, 3.05) is 7.11 Å². The Kier molecular flexibility index (Phi) is 3.26. The number of aliphatic hydroxyl groups excluding tert-OH is 1. The summed E-state index contributed by atoms with van der Waals surface area (Å²) in [5.74, 6) is -1.16. The van der Waals surface area contributed by atoms with Crippen LogP contribution in [0.15, 0.2) is 18.2 Å². The van der Waals surface area contributed by atoms with Crippen molar-refractivity contribution in [2.45, 2.75) is 6.10 Å². The fraction of sp³-hybridized carbons (Fsp3) is 0.200. The van der Waals surface area contributed by atoms with E-state index in [2.05, 4.69) is 0 Å². The summed E-state index contributed by atoms with van der Waals surface area (Å²) in [6.07, 6.45) is -1.71. The van der Waals surface area contributed by atoms with Gasteiger partial charge in [-0.15, -0.1) is 0 Å². The van der Waals surface area contributed by atoms with E-state index in [4.69, 9.17) is 15.1 Å². The predicted octanol–water partition coefficient (Wildman–Crippen LogP) is 0.685. The molecule has 0 bridgehead atoms. The quantitative estimate of drug-likeness (QED) is 0.760. The lowest BCUT2D eigenvalue weighted by Gasteiger charge is -2.10. The first kappa shape index (κ1) is 11.0. The highest BCUT2D eigenvalue weighted by molar-refractivity contribution is 5.75. The summed E-state index contributed by atoms with van der Waals surface area (Å²) in [5, 5.41) is 26.8. The molecule has 5 nitrogen and oxygen atoms in total. The van der Waals surface area contributed by atoms with Crippen molar-refractivity contribution in [1.29, 1.82) is 5.26 Å². The third kappa shape index (κ3) is 2.06. The summed E-state index contributed by atoms with van der Waals surface area (Å²) in [4.78, 5) is 10.6. The minimum atomic E-state index is -1.71. The Morgan fingerprint density at radius 2 is 2.27 bits per heavy atom. The Hall–Kier alpha value is -2.06. The molecule has 2 N–H and O–H groups in total. The lowest BCUT2D eigenvalue weighted by atomic mass is 10.0. The lowest BCUT2D eigenvalue weighted by Crippen LogP contribution is -2.12. The smallest absolute Gasteiger partial charge is 0.337 e. The Morgan fingerprint density at radius 1 is 1.60 bits per heavy atom. The van der Waals surface area contributed by atoms with Crippen molar-refractivity contribution in [1.82, 2.24) is 0 Å². The zero-order valence-corrected chi connectivity index (χ0v) is 7.97. The van der Waals surface area contributed by atoms with Crippen LogP contribution in [0.25, 0.3) is 0 Å². The third-order valence-corrected chi connectivity index (χ3v) is 1.92. The fourth-order valence-electron chi connectivity index (χ4n) is 1.20. The van der Waals surface area contributed by atoms with Crippen molar-refractivity contribution in [3.63, 3.8) is 0 Å². The number of carboxylic acid groups (broad SMARTS) is 1. The van der Waals surface area contributed by atoms with Crippen molar-refractivity contribution >= 4 is 5.97 Å². The first-order valence-electron chi connectivity index (χ1n) is 4.09. The van der Waals surface area contributed by atoms with Gasteiger partial charge in [-0.05, 0) is 6.07 Å². The number of aliphatic hydroxyl groups is 1. The van der Waals surface area contributed by atoms with Gasteiger partial charge in [0.25, 0.3) is 0 Å². The molecule has 1 aromatic rings. The van der Waals surface area contributed by atoms with Crippen LogP contribution < -0.4 is 4.74 Å². The van der Waals surface area contributed by atoms with Crippen LogP contribution in [0.4, 0.5) is 0 Å². The van der Waals surface area contributed by atoms with Crippen LogP contribution in [-0.2, 0) is 4.79 Å². The molecule has 78 valence electrons. The maximum Gasteiger partial charge on any atom is 0.337 e. The molecule has 1 aromatic carbocycles. The molecule has 0 aromatic heterocycles. The second-order valence-electron chi connectivity index (χ2n) is 2.78. The van der Waals surface area contributed by atoms with Crippen LogP contribution in [0.5, 0.6) is 5.75 Å². The van der Waals surface area contributed by atoms with Crippen LogP contribution in [0.2, 0.25) is 0 Å². The van der Waals surface area contributed by atoms with Crippen molar-refractivity contribution < 1.29 is 19.7 Å². The molecule has 1 atom stereocenters. The molecule has 0 amide bonds. The maximum absolute atomic E-state index is 10.6. The normalized spacial score (nSPS) is 11.5. The number of methoxy groups -OCH3 is 1. The summed E-state index contributed by atoms with van der Waals surface area (Å²) in [7, 11) is 1.37. The van der Waals surface area contributed by atoms with Crippen molar-refractivity contribution in [2.24, 2.45) is 0 Å². The van der Waals surface area contributed by atoms with E-state index in [1.807, 2.05) is 0 Å². The molecule has 0 saturated carbocycles. The van der Waals surface area contributed by atoms with Gasteiger partial charge in [-0.1, -0.05) is 12.1 Å². The van der Waals surface area contributed by atoms with E-state index < -0.39 is 12.1 Å². The topological polar surface area (TPSA) is 90.6 Å². The highest BCUT2D eigenvalue weighted by Crippen LogP contribution is 2.26. The number of benzene rings is 1. The molecule has 0 aliphatic rings. The number of hydrogen-bond donors (Lipinski definition) is 2. The molecular formula is C10H9NO4. The van der Waals surface area contributed by atoms with E-state index in [-0.39, 0.29) is 16.9 Å². The van der Waals surface area contributed by atoms with Crippen LogP contribution in [0.1, 0.15) is 17.2 Å². The molecule has 0 aliphatic heterocycles. The van der Waals surface area contributed by atoms with Gasteiger partial charge in [-0.2, -0.15) is 5.26 Å². The molecule has 0 heterocycles. The zero-order valence-electron chi connectivity index (χ0n) is 7.97. The number of ether oxygens (including phenoxy) is 1. The Bertz CT molecular complexity index is 422. The number of nitrogens with zero attached hydrogens (tertiary/aromatic N) is 1. The highest BCUT2D eigenvalue weighted by atomic mass is 16.5. The van der Waals surface area contributed by atoms with Gasteiger partial charge in [-0.25, -0.2) is 4.79 Å². The predicted molar refractivity (Wildman–Crippen MR) is 50.3 cm³/mol. The van der Waals surface area contributed by atoms with Crippen molar-refractivity contribution in [3.05, 3.63) is 29.3 Å². The van der Waals surface area contributed by atoms with Crippen LogP contribution >= 0.6 is 0 Å². The largest absolute Gasteiger partial charge is 0.495 e. The summed E-state index contributed by atoms with van der Waals surface area (Å²) >= 11 is 0. The number of hydrogen-bond acceptors (Lipinski definition) is 4. The van der Waals surface area contributed by atoms with Crippen molar-refractivity contribution in [3.8, 4) is 11.8 Å². The number of rotatable bonds is 3. The van der Waals surface area contributed by atoms with E-state index in [1.54, 1.807) is 6.07 Å². The minimum absolute atomic E-state index is 0.0318. The van der Waals surface area contributed by atoms with E-state index >= 15 is 0 Å². The SMILES string of the molecule is COc1cccc(C(O)C(=O)O)c1C#N. The first-order chi connectivity index (χ1) is 7.11. The van der Waals surface area contributed by atoms with Crippen LogP contribution in [0.3, 0.4) is 0 Å². The van der Waals surface area contributed by atoms with E-state index in [9.17, 15) is 9.90 Å². The van der Waals surface area contributed by atoms with Gasteiger partial charge in [0.2, 0.25) is 0 Å². The number of aliphatic carboxylic acids is 1. The fourth-order valence-corrected chi connectivity index (χ4v) is 1.20. The average molecular weight is 207 g/mol.